The first-order valence-corrected chi connectivity index (χ1v) is 42.9. The maximum absolute atomic E-state index is 13.0. The third-order valence-electron chi connectivity index (χ3n) is 22.2. The van der Waals surface area contributed by atoms with Gasteiger partial charge in [0, 0.05) is 140 Å². The summed E-state index contributed by atoms with van der Waals surface area (Å²) in [5.74, 6) is 2.98. The number of furan rings is 3. The third kappa shape index (κ3) is 21.9. The average molecular weight is 1710 g/mol. The number of aliphatic hydroxyl groups excluding tert-OH is 1. The monoisotopic (exact) mass is 1710 g/mol. The fourth-order valence-corrected chi connectivity index (χ4v) is 15.3. The van der Waals surface area contributed by atoms with Crippen molar-refractivity contribution in [2.45, 2.75) is 142 Å². The van der Waals surface area contributed by atoms with Crippen LogP contribution in [0.15, 0.2) is 208 Å². The quantitative estimate of drug-likeness (QED) is 0.0324. The molecule has 2 aliphatic heterocycles. The number of nitrogens with zero attached hydrogens (tertiary/aromatic N) is 3. The second-order valence-corrected chi connectivity index (χ2v) is 30.4. The Morgan fingerprint density at radius 2 is 0.746 bits per heavy atom. The van der Waals surface area contributed by atoms with Crippen molar-refractivity contribution in [2.75, 3.05) is 63.6 Å². The molecule has 0 radical (unpaired) electrons. The normalized spacial score (nSPS) is 15.0. The number of hydrogen-bond donors (Lipinski definition) is 6. The van der Waals surface area contributed by atoms with Crippen molar-refractivity contribution < 1.29 is 77.4 Å². The molecule has 5 heterocycles. The summed E-state index contributed by atoms with van der Waals surface area (Å²) in [5, 5.41) is 40.4. The highest BCUT2D eigenvalue weighted by Crippen LogP contribution is 2.52. The summed E-state index contributed by atoms with van der Waals surface area (Å²) in [6, 6.07) is 61.5. The Bertz CT molecular complexity index is 5490. The average Bonchev–Trinajstić information content (AvgIpc) is 1.60. The molecule has 2 saturated heterocycles. The van der Waals surface area contributed by atoms with Crippen LogP contribution >= 0.6 is 0 Å². The fraction of sp³-hybridized carbons (Fsp3) is 0.309. The molecule has 636 valence electrons. The molecule has 5 fully saturated rings. The zero-order valence-corrected chi connectivity index (χ0v) is 73.4. The van der Waals surface area contributed by atoms with Gasteiger partial charge in [-0.3, -0.25) is 14.4 Å². The van der Waals surface area contributed by atoms with Crippen molar-refractivity contribution in [2.24, 2.45) is 0 Å². The third-order valence-corrected chi connectivity index (χ3v) is 22.2. The Morgan fingerprint density at radius 1 is 0.443 bits per heavy atom. The van der Waals surface area contributed by atoms with Crippen LogP contribution in [0.5, 0.6) is 0 Å². The van der Waals surface area contributed by atoms with E-state index in [9.17, 15) is 29.5 Å². The van der Waals surface area contributed by atoms with E-state index in [4.69, 9.17) is 47.8 Å². The molecule has 3 atom stereocenters. The molecule has 6 N–H and O–H groups in total. The van der Waals surface area contributed by atoms with Gasteiger partial charge in [0.2, 0.25) is 0 Å². The van der Waals surface area contributed by atoms with Crippen LogP contribution in [-0.2, 0) is 44.0 Å². The minimum atomic E-state index is -0.750. The minimum Gasteiger partial charge on any atom is -0.455 e. The van der Waals surface area contributed by atoms with Crippen molar-refractivity contribution in [3.63, 3.8) is 0 Å². The number of nitrogens with one attached hydrogen (secondary N) is 3. The lowest BCUT2D eigenvalue weighted by Gasteiger charge is -2.23. The molecule has 23 nitrogen and oxygen atoms in total. The summed E-state index contributed by atoms with van der Waals surface area (Å²) in [7, 11) is 9.81. The summed E-state index contributed by atoms with van der Waals surface area (Å²) < 4.78 is 79.9. The first-order valence-electron chi connectivity index (χ1n) is 40.9. The lowest BCUT2D eigenvalue weighted by molar-refractivity contribution is 0.0956. The van der Waals surface area contributed by atoms with E-state index in [1.54, 1.807) is 21.1 Å². The molecular weight excluding hydrogens is 1600 g/mol. The van der Waals surface area contributed by atoms with E-state index >= 15 is 0 Å². The van der Waals surface area contributed by atoms with Crippen LogP contribution in [0.3, 0.4) is 0 Å². The Morgan fingerprint density at radius 3 is 1.01 bits per heavy atom. The highest BCUT2D eigenvalue weighted by Gasteiger charge is 2.37. The summed E-state index contributed by atoms with van der Waals surface area (Å²) in [6.45, 7) is 18.3. The molecule has 3 aliphatic carbocycles. The zero-order chi connectivity index (χ0) is 88.2. The van der Waals surface area contributed by atoms with Crippen LogP contribution in [-0.4, -0.2) is 121 Å². The van der Waals surface area contributed by atoms with Gasteiger partial charge in [-0.1, -0.05) is 160 Å². The van der Waals surface area contributed by atoms with Gasteiger partial charge in [0.25, 0.3) is 17.7 Å². The van der Waals surface area contributed by atoms with Gasteiger partial charge in [-0.15, -0.1) is 6.58 Å². The number of aryl methyl sites for hydroxylation is 3. The van der Waals surface area contributed by atoms with Crippen LogP contribution in [0.25, 0.3) is 66.9 Å². The summed E-state index contributed by atoms with van der Waals surface area (Å²) in [4.78, 5) is 45.6. The summed E-state index contributed by atoms with van der Waals surface area (Å²) in [6.07, 6.45) is 9.76. The van der Waals surface area contributed by atoms with Gasteiger partial charge in [-0.25, -0.2) is 0 Å². The Labute approximate surface area is 723 Å². The van der Waals surface area contributed by atoms with Gasteiger partial charge >= 0.3 is 48.9 Å². The van der Waals surface area contributed by atoms with Gasteiger partial charge < -0.3 is 68.4 Å². The highest BCUT2D eigenvalue weighted by atomic mass is 32.1. The molecule has 9 aromatic carbocycles. The highest BCUT2D eigenvalue weighted by molar-refractivity contribution is 7.52. The Hall–Kier alpha value is -11.5. The minimum absolute atomic E-state index is 0.0563. The maximum atomic E-state index is 13.0. The molecule has 3 aromatic heterocycles. The van der Waals surface area contributed by atoms with E-state index in [0.29, 0.717) is 87.7 Å². The number of amides is 3. The predicted molar refractivity (Wildman–Crippen MR) is 486 cm³/mol. The number of aliphatic hydroxyl groups is 1. The van der Waals surface area contributed by atoms with Gasteiger partial charge in [-0.2, -0.15) is 25.3 Å². The molecule has 3 amide bonds. The molecule has 12 aromatic rings. The first kappa shape index (κ1) is 92.8. The largest absolute Gasteiger partial charge is 0.455 e. The lowest BCUT2D eigenvalue weighted by atomic mass is 9.79. The summed E-state index contributed by atoms with van der Waals surface area (Å²) in [5.41, 5.74) is 23.1. The molecule has 3 saturated carbocycles. The molecule has 122 heavy (non-hydrogen) atoms. The molecule has 0 spiro atoms. The van der Waals surface area contributed by atoms with Gasteiger partial charge in [-0.05, 0) is 184 Å². The number of anilines is 6. The van der Waals surface area contributed by atoms with Crippen molar-refractivity contribution in [3.8, 4) is 34.0 Å². The van der Waals surface area contributed by atoms with Crippen LogP contribution < -0.4 is 30.7 Å². The molecule has 3 unspecified atom stereocenters. The topological polar surface area (TPSA) is 318 Å². The van der Waals surface area contributed by atoms with Gasteiger partial charge in [0.05, 0.1) is 28.9 Å². The number of rotatable bonds is 19. The molecule has 28 heteroatoms. The van der Waals surface area contributed by atoms with Crippen molar-refractivity contribution in [3.05, 3.63) is 261 Å². The Balaban J connectivity index is 0.000000179. The van der Waals surface area contributed by atoms with Gasteiger partial charge in [0.1, 0.15) is 34.0 Å². The van der Waals surface area contributed by atoms with Crippen LogP contribution in [0.2, 0.25) is 12.6 Å². The van der Waals surface area contributed by atoms with E-state index in [1.165, 1.54) is 28.3 Å². The molecule has 0 bridgehead atoms. The predicted octanol–water partition coefficient (Wildman–Crippen LogP) is 19.0. The van der Waals surface area contributed by atoms with E-state index in [-0.39, 0.29) is 29.7 Å². The van der Waals surface area contributed by atoms with E-state index < -0.39 is 55.1 Å². The van der Waals surface area contributed by atoms with Crippen molar-refractivity contribution in [1.82, 2.24) is 16.0 Å². The molecular formula is C94H104B2N6O17S3. The Kier molecular flexibility index (Phi) is 33.0. The second kappa shape index (κ2) is 43.3. The molecule has 5 aliphatic rings. The van der Waals surface area contributed by atoms with E-state index in [0.717, 1.165) is 140 Å². The first-order chi connectivity index (χ1) is 59.0. The lowest BCUT2D eigenvalue weighted by Crippen LogP contribution is -2.18. The van der Waals surface area contributed by atoms with Crippen molar-refractivity contribution >= 4 is 134 Å². The fourth-order valence-electron chi connectivity index (χ4n) is 15.3. The van der Waals surface area contributed by atoms with Crippen LogP contribution in [0.1, 0.15) is 190 Å². The van der Waals surface area contributed by atoms with Gasteiger partial charge in [0.15, 0.2) is 0 Å². The number of carbonyl (C=O) groups excluding carboxylic acids is 3. The smallest absolute Gasteiger partial charge is 0.454 e. The number of benzene rings is 9. The number of fused-ring (bicyclic) bond motifs is 3. The molecule has 17 rings (SSSR count). The van der Waals surface area contributed by atoms with Crippen molar-refractivity contribution in [1.29, 1.82) is 0 Å². The number of hydrogen-bond acceptors (Lipinski definition) is 20. The zero-order valence-electron chi connectivity index (χ0n) is 70.9. The maximum Gasteiger partial charge on any atom is 0.454 e. The van der Waals surface area contributed by atoms with Crippen LogP contribution in [0, 0.1) is 20.8 Å². The number of carbonyl (C=O) groups is 3. The standard InChI is InChI=1S/2C30H31BN2O4.C30H30N2O3.2C2H6.3O2S/c1-18-4-6-21(7-5-18)29-28(30(34)32-2)25-14-24(20-8-9-20)26(15-27(25)37-29)33(3)23-12-10-19(11-13-23)22-16-31(35)36-17-22;1-18-4-6-21(7-5-18)29-28(30(34)32-2)24-16-23(19-8-9-19)25(17-27(24)36-29)33(3)22-12-10-20(11-13-22)26-14-15-31(35)37-26;1-5-26(33)20-12-14-22(15-13-20)32(4)25-17-27-24(16-23(25)19-10-11-19)28(30(34)31-3)29(35-27)21-8-6-18(2)7-9-21;2*1-2;3*1-3-2/h4-7,10-15,20,22,35H,8-9,16-17H2,1-3H3,(H,32,34);4-7,10-13,16-17,19,26,35H,8-9,14-15H2,1-3H3,(H,32,34);5-9,12-17,19,26,33H,1,10-11H2,2-4H3,(H,31,34);2*1-2H3;;;. The second-order valence-electron chi connectivity index (χ2n) is 30.0. The van der Waals surface area contributed by atoms with E-state index in [2.05, 4.69) is 136 Å². The SMILES string of the molecule is C=CC(O)c1ccc(N(C)c2cc3oc(-c4ccc(C)cc4)c(C(=O)NC)c3cc2C2CC2)cc1.CC.CC.CNC(=O)c1c(-c2ccc(C)cc2)oc2cc(N(C)c3ccc(C4CCB(O)O4)cc3)c(C3CC3)cc12.CNC(=O)c1c(-c2ccc(C)cc2)oc2cc(N(C)c3ccc(C4COB(O)C4)cc3)c(C3CC3)cc12.O=S=O.O=S=O.O=S=O. The van der Waals surface area contributed by atoms with Crippen LogP contribution in [0.4, 0.5) is 34.1 Å². The summed E-state index contributed by atoms with van der Waals surface area (Å²) >= 11 is -2.25. The van der Waals surface area contributed by atoms with E-state index in [1.807, 2.05) is 153 Å².